The second kappa shape index (κ2) is 7.62. The van der Waals surface area contributed by atoms with Crippen molar-refractivity contribution in [1.82, 2.24) is 14.8 Å². The van der Waals surface area contributed by atoms with Gasteiger partial charge in [-0.3, -0.25) is 9.69 Å². The van der Waals surface area contributed by atoms with E-state index in [1.807, 2.05) is 37.2 Å². The Morgan fingerprint density at radius 3 is 2.75 bits per heavy atom. The van der Waals surface area contributed by atoms with Gasteiger partial charge in [0, 0.05) is 13.1 Å². The molecule has 1 fully saturated rings. The molecule has 1 saturated carbocycles. The lowest BCUT2D eigenvalue weighted by molar-refractivity contribution is -0.134. The third-order valence-electron chi connectivity index (χ3n) is 5.11. The van der Waals surface area contributed by atoms with Gasteiger partial charge in [0.2, 0.25) is 5.91 Å². The van der Waals surface area contributed by atoms with E-state index >= 15 is 0 Å². The van der Waals surface area contributed by atoms with E-state index in [1.54, 1.807) is 11.3 Å². The van der Waals surface area contributed by atoms with Crippen LogP contribution in [-0.4, -0.2) is 47.4 Å². The zero-order chi connectivity index (χ0) is 17.1. The van der Waals surface area contributed by atoms with Crippen LogP contribution in [0.3, 0.4) is 0 Å². The Kier molecular flexibility index (Phi) is 5.51. The molecule has 3 rings (SSSR count). The Morgan fingerprint density at radius 1 is 1.25 bits per heavy atom. The summed E-state index contributed by atoms with van der Waals surface area (Å²) in [6.45, 7) is 3.45. The van der Waals surface area contributed by atoms with Crippen LogP contribution in [0.2, 0.25) is 0 Å². The summed E-state index contributed by atoms with van der Waals surface area (Å²) in [4.78, 5) is 21.3. The molecule has 24 heavy (non-hydrogen) atoms. The monoisotopic (exact) mass is 345 g/mol. The molecular weight excluding hydrogens is 318 g/mol. The van der Waals surface area contributed by atoms with E-state index in [2.05, 4.69) is 22.9 Å². The number of carbonyl (C=O) groups excluding carboxylic acids is 1. The molecule has 0 saturated heterocycles. The van der Waals surface area contributed by atoms with Crippen LogP contribution in [0.15, 0.2) is 24.3 Å². The number of hydrogen-bond acceptors (Lipinski definition) is 4. The zero-order valence-corrected chi connectivity index (χ0v) is 15.7. The van der Waals surface area contributed by atoms with Crippen LogP contribution in [0.5, 0.6) is 0 Å². The van der Waals surface area contributed by atoms with E-state index in [0.717, 1.165) is 23.5 Å². The number of hydrogen-bond donors (Lipinski definition) is 0. The van der Waals surface area contributed by atoms with Gasteiger partial charge in [-0.25, -0.2) is 4.98 Å². The van der Waals surface area contributed by atoms with Gasteiger partial charge in [0.15, 0.2) is 0 Å². The summed E-state index contributed by atoms with van der Waals surface area (Å²) in [5.74, 6) is 0.833. The van der Waals surface area contributed by atoms with Crippen molar-refractivity contribution in [3.05, 3.63) is 29.3 Å². The number of para-hydroxylation sites is 1. The van der Waals surface area contributed by atoms with Gasteiger partial charge in [0.1, 0.15) is 5.01 Å². The SMILES string of the molecule is CC1CCCCC1N(C)C(=O)CN(C)Cc1nc2ccccc2s1. The molecular formula is C19H27N3OS. The van der Waals surface area contributed by atoms with E-state index in [9.17, 15) is 4.79 Å². The highest BCUT2D eigenvalue weighted by atomic mass is 32.1. The Balaban J connectivity index is 1.57. The molecule has 5 heteroatoms. The quantitative estimate of drug-likeness (QED) is 0.828. The number of rotatable bonds is 5. The summed E-state index contributed by atoms with van der Waals surface area (Å²) in [5, 5.41) is 1.07. The molecule has 1 aliphatic rings. The normalized spacial score (nSPS) is 21.3. The Bertz CT molecular complexity index is 666. The molecule has 1 aromatic heterocycles. The molecule has 0 aliphatic heterocycles. The molecule has 1 aromatic carbocycles. The van der Waals surface area contributed by atoms with E-state index < -0.39 is 0 Å². The second-order valence-electron chi connectivity index (χ2n) is 7.08. The number of fused-ring (bicyclic) bond motifs is 1. The van der Waals surface area contributed by atoms with Crippen molar-refractivity contribution in [2.45, 2.75) is 45.2 Å². The lowest BCUT2D eigenvalue weighted by Gasteiger charge is -2.37. The van der Waals surface area contributed by atoms with E-state index in [0.29, 0.717) is 18.5 Å². The maximum Gasteiger partial charge on any atom is 0.236 e. The van der Waals surface area contributed by atoms with Crippen molar-refractivity contribution in [1.29, 1.82) is 0 Å². The largest absolute Gasteiger partial charge is 0.341 e. The van der Waals surface area contributed by atoms with Gasteiger partial charge in [0.25, 0.3) is 0 Å². The summed E-state index contributed by atoms with van der Waals surface area (Å²) in [7, 11) is 3.97. The number of amides is 1. The molecule has 0 radical (unpaired) electrons. The van der Waals surface area contributed by atoms with Crippen molar-refractivity contribution in [3.63, 3.8) is 0 Å². The van der Waals surface area contributed by atoms with Crippen LogP contribution in [0.25, 0.3) is 10.2 Å². The number of carbonyl (C=O) groups is 1. The highest BCUT2D eigenvalue weighted by Crippen LogP contribution is 2.27. The van der Waals surface area contributed by atoms with Gasteiger partial charge in [-0.2, -0.15) is 0 Å². The average molecular weight is 346 g/mol. The number of likely N-dealkylation sites (N-methyl/N-ethyl adjacent to an activating group) is 2. The van der Waals surface area contributed by atoms with Crippen molar-refractivity contribution in [2.75, 3.05) is 20.6 Å². The molecule has 1 aliphatic carbocycles. The number of aromatic nitrogens is 1. The minimum Gasteiger partial charge on any atom is -0.341 e. The third-order valence-corrected chi connectivity index (χ3v) is 6.13. The molecule has 2 atom stereocenters. The summed E-state index contributed by atoms with van der Waals surface area (Å²) in [6.07, 6.45) is 4.93. The van der Waals surface area contributed by atoms with Crippen molar-refractivity contribution >= 4 is 27.5 Å². The van der Waals surface area contributed by atoms with Crippen LogP contribution in [-0.2, 0) is 11.3 Å². The van der Waals surface area contributed by atoms with E-state index in [-0.39, 0.29) is 5.91 Å². The molecule has 2 unspecified atom stereocenters. The first-order valence-corrected chi connectivity index (χ1v) is 9.65. The summed E-state index contributed by atoms with van der Waals surface area (Å²) < 4.78 is 1.21. The van der Waals surface area contributed by atoms with Crippen molar-refractivity contribution in [3.8, 4) is 0 Å². The molecule has 1 amide bonds. The lowest BCUT2D eigenvalue weighted by Crippen LogP contribution is -2.46. The molecule has 0 bridgehead atoms. The Hall–Kier alpha value is -1.46. The Labute approximate surface area is 148 Å². The number of nitrogens with zero attached hydrogens (tertiary/aromatic N) is 3. The highest BCUT2D eigenvalue weighted by Gasteiger charge is 2.28. The smallest absolute Gasteiger partial charge is 0.236 e. The number of thiazole rings is 1. The highest BCUT2D eigenvalue weighted by molar-refractivity contribution is 7.18. The summed E-state index contributed by atoms with van der Waals surface area (Å²) in [6, 6.07) is 8.60. The molecule has 0 spiro atoms. The first kappa shape index (κ1) is 17.4. The minimum absolute atomic E-state index is 0.220. The summed E-state index contributed by atoms with van der Waals surface area (Å²) in [5.41, 5.74) is 1.05. The maximum absolute atomic E-state index is 12.6. The maximum atomic E-state index is 12.6. The van der Waals surface area contributed by atoms with Gasteiger partial charge in [-0.05, 0) is 37.9 Å². The topological polar surface area (TPSA) is 36.4 Å². The fraction of sp³-hybridized carbons (Fsp3) is 0.579. The fourth-order valence-electron chi connectivity index (χ4n) is 3.67. The van der Waals surface area contributed by atoms with Gasteiger partial charge in [-0.1, -0.05) is 31.9 Å². The van der Waals surface area contributed by atoms with E-state index in [1.165, 1.54) is 24.0 Å². The zero-order valence-electron chi connectivity index (χ0n) is 14.9. The van der Waals surface area contributed by atoms with Crippen LogP contribution in [0, 0.1) is 5.92 Å². The molecule has 130 valence electrons. The first-order chi connectivity index (χ1) is 11.5. The molecule has 4 nitrogen and oxygen atoms in total. The fourth-order valence-corrected chi connectivity index (χ4v) is 4.72. The van der Waals surface area contributed by atoms with Gasteiger partial charge in [0.05, 0.1) is 23.3 Å². The van der Waals surface area contributed by atoms with Crippen LogP contribution < -0.4 is 0 Å². The third kappa shape index (κ3) is 3.95. The Morgan fingerprint density at radius 2 is 2.00 bits per heavy atom. The first-order valence-electron chi connectivity index (χ1n) is 8.83. The average Bonchev–Trinajstić information content (AvgIpc) is 2.96. The molecule has 1 heterocycles. The standard InChI is InChI=1S/C19H27N3OS/c1-14-8-4-6-10-16(14)22(3)19(23)13-21(2)12-18-20-15-9-5-7-11-17(15)24-18/h5,7,9,11,14,16H,4,6,8,10,12-13H2,1-3H3. The van der Waals surface area contributed by atoms with Crippen LogP contribution in [0.4, 0.5) is 0 Å². The lowest BCUT2D eigenvalue weighted by atomic mass is 9.85. The molecule has 2 aromatic rings. The predicted molar refractivity (Wildman–Crippen MR) is 100 cm³/mol. The van der Waals surface area contributed by atoms with Gasteiger partial charge in [-0.15, -0.1) is 11.3 Å². The van der Waals surface area contributed by atoms with Crippen molar-refractivity contribution < 1.29 is 4.79 Å². The van der Waals surface area contributed by atoms with Gasteiger partial charge < -0.3 is 4.90 Å². The van der Waals surface area contributed by atoms with Crippen molar-refractivity contribution in [2.24, 2.45) is 5.92 Å². The summed E-state index contributed by atoms with van der Waals surface area (Å²) >= 11 is 1.71. The number of benzene rings is 1. The van der Waals surface area contributed by atoms with Crippen LogP contribution in [0.1, 0.15) is 37.6 Å². The van der Waals surface area contributed by atoms with E-state index in [4.69, 9.17) is 0 Å². The van der Waals surface area contributed by atoms with Gasteiger partial charge >= 0.3 is 0 Å². The van der Waals surface area contributed by atoms with Crippen LogP contribution >= 0.6 is 11.3 Å². The second-order valence-corrected chi connectivity index (χ2v) is 8.20. The predicted octanol–water partition coefficient (Wildman–Crippen LogP) is 3.77. The minimum atomic E-state index is 0.220. The molecule has 0 N–H and O–H groups in total.